The first kappa shape index (κ1) is 19.1. The SMILES string of the molecule is Cc1onc(-c2ccc(Cl)cc2)c1C(=O)N[C@H]1CC(=O)N(c2ccc(F)cc2)C1. The molecule has 4 rings (SSSR count). The fourth-order valence-electron chi connectivity index (χ4n) is 3.38. The van der Waals surface area contributed by atoms with E-state index in [2.05, 4.69) is 10.5 Å². The normalized spacial score (nSPS) is 16.3. The van der Waals surface area contributed by atoms with Crippen molar-refractivity contribution in [2.24, 2.45) is 0 Å². The van der Waals surface area contributed by atoms with E-state index in [1.165, 1.54) is 17.0 Å². The van der Waals surface area contributed by atoms with Gasteiger partial charge >= 0.3 is 0 Å². The molecule has 148 valence electrons. The maximum Gasteiger partial charge on any atom is 0.257 e. The van der Waals surface area contributed by atoms with Gasteiger partial charge in [-0.3, -0.25) is 9.59 Å². The fourth-order valence-corrected chi connectivity index (χ4v) is 3.50. The lowest BCUT2D eigenvalue weighted by atomic mass is 10.1. The van der Waals surface area contributed by atoms with Crippen LogP contribution in [0, 0.1) is 12.7 Å². The molecular weight excluding hydrogens is 397 g/mol. The fraction of sp³-hybridized carbons (Fsp3) is 0.190. The Morgan fingerprint density at radius 2 is 1.90 bits per heavy atom. The zero-order valence-electron chi connectivity index (χ0n) is 15.5. The van der Waals surface area contributed by atoms with Crippen molar-refractivity contribution >= 4 is 29.1 Å². The van der Waals surface area contributed by atoms with Gasteiger partial charge < -0.3 is 14.7 Å². The molecule has 1 N–H and O–H groups in total. The van der Waals surface area contributed by atoms with Crippen molar-refractivity contribution in [1.29, 1.82) is 0 Å². The van der Waals surface area contributed by atoms with Crippen molar-refractivity contribution in [3.05, 3.63) is 70.7 Å². The van der Waals surface area contributed by atoms with Crippen LogP contribution in [0.1, 0.15) is 22.5 Å². The maximum atomic E-state index is 13.1. The average Bonchev–Trinajstić information content (AvgIpc) is 3.25. The molecule has 0 unspecified atom stereocenters. The molecule has 29 heavy (non-hydrogen) atoms. The standard InChI is InChI=1S/C21H17ClFN3O3/c1-12-19(20(25-29-12)13-2-4-14(22)5-3-13)21(28)24-16-10-18(27)26(11-16)17-8-6-15(23)7-9-17/h2-9,16H,10-11H2,1H3,(H,24,28)/t16-/m0/s1. The molecule has 0 saturated carbocycles. The quantitative estimate of drug-likeness (QED) is 0.702. The van der Waals surface area contributed by atoms with Crippen LogP contribution >= 0.6 is 11.6 Å². The van der Waals surface area contributed by atoms with E-state index in [1.807, 2.05) is 0 Å². The second-order valence-electron chi connectivity index (χ2n) is 6.82. The highest BCUT2D eigenvalue weighted by atomic mass is 35.5. The lowest BCUT2D eigenvalue weighted by Gasteiger charge is -2.17. The van der Waals surface area contributed by atoms with E-state index in [0.29, 0.717) is 39.8 Å². The number of anilines is 1. The van der Waals surface area contributed by atoms with Crippen LogP contribution in [0.4, 0.5) is 10.1 Å². The Labute approximate surface area is 171 Å². The van der Waals surface area contributed by atoms with Crippen molar-refractivity contribution in [2.45, 2.75) is 19.4 Å². The van der Waals surface area contributed by atoms with E-state index in [1.54, 1.807) is 43.3 Å². The molecule has 0 spiro atoms. The third kappa shape index (κ3) is 3.86. The van der Waals surface area contributed by atoms with Gasteiger partial charge in [-0.1, -0.05) is 28.9 Å². The van der Waals surface area contributed by atoms with Crippen molar-refractivity contribution in [2.75, 3.05) is 11.4 Å². The number of hydrogen-bond donors (Lipinski definition) is 1. The summed E-state index contributed by atoms with van der Waals surface area (Å²) in [4.78, 5) is 26.8. The topological polar surface area (TPSA) is 75.4 Å². The van der Waals surface area contributed by atoms with Crippen molar-refractivity contribution < 1.29 is 18.5 Å². The first-order valence-electron chi connectivity index (χ1n) is 9.01. The highest BCUT2D eigenvalue weighted by Gasteiger charge is 2.33. The molecule has 1 atom stereocenters. The Morgan fingerprint density at radius 3 is 2.59 bits per heavy atom. The molecule has 2 aromatic carbocycles. The molecule has 1 aliphatic heterocycles. The summed E-state index contributed by atoms with van der Waals surface area (Å²) < 4.78 is 18.4. The van der Waals surface area contributed by atoms with E-state index in [-0.39, 0.29) is 30.1 Å². The molecule has 2 amide bonds. The zero-order valence-corrected chi connectivity index (χ0v) is 16.2. The number of amides is 2. The number of aromatic nitrogens is 1. The molecule has 8 heteroatoms. The smallest absolute Gasteiger partial charge is 0.257 e. The van der Waals surface area contributed by atoms with Gasteiger partial charge in [-0.2, -0.15) is 0 Å². The minimum absolute atomic E-state index is 0.137. The summed E-state index contributed by atoms with van der Waals surface area (Å²) in [7, 11) is 0. The summed E-state index contributed by atoms with van der Waals surface area (Å²) in [5.41, 5.74) is 2.03. The van der Waals surface area contributed by atoms with Gasteiger partial charge in [0.05, 0.1) is 6.04 Å². The minimum Gasteiger partial charge on any atom is -0.360 e. The summed E-state index contributed by atoms with van der Waals surface area (Å²) >= 11 is 5.93. The highest BCUT2D eigenvalue weighted by molar-refractivity contribution is 6.30. The Balaban J connectivity index is 1.52. The van der Waals surface area contributed by atoms with Crippen LogP contribution < -0.4 is 10.2 Å². The number of benzene rings is 2. The number of nitrogens with one attached hydrogen (secondary N) is 1. The predicted molar refractivity (Wildman–Crippen MR) is 106 cm³/mol. The van der Waals surface area contributed by atoms with E-state index in [4.69, 9.17) is 16.1 Å². The Bertz CT molecular complexity index is 1060. The molecular formula is C21H17ClFN3O3. The van der Waals surface area contributed by atoms with Crippen LogP contribution in [0.2, 0.25) is 5.02 Å². The van der Waals surface area contributed by atoms with Crippen LogP contribution in [0.3, 0.4) is 0 Å². The summed E-state index contributed by atoms with van der Waals surface area (Å²) in [6.07, 6.45) is 0.156. The molecule has 1 fully saturated rings. The lowest BCUT2D eigenvalue weighted by molar-refractivity contribution is -0.117. The third-order valence-corrected chi connectivity index (χ3v) is 5.06. The van der Waals surface area contributed by atoms with E-state index < -0.39 is 0 Å². The van der Waals surface area contributed by atoms with Gasteiger partial charge in [0.1, 0.15) is 22.8 Å². The Kier molecular flexibility index (Phi) is 5.07. The molecule has 1 saturated heterocycles. The first-order valence-corrected chi connectivity index (χ1v) is 9.39. The van der Waals surface area contributed by atoms with Crippen LogP contribution in [0.5, 0.6) is 0 Å². The first-order chi connectivity index (χ1) is 13.9. The summed E-state index contributed by atoms with van der Waals surface area (Å²) in [5.74, 6) is -0.496. The molecule has 0 aliphatic carbocycles. The van der Waals surface area contributed by atoms with Crippen molar-refractivity contribution in [3.63, 3.8) is 0 Å². The minimum atomic E-state index is -0.382. The van der Waals surface area contributed by atoms with Crippen molar-refractivity contribution in [3.8, 4) is 11.3 Å². The lowest BCUT2D eigenvalue weighted by Crippen LogP contribution is -2.37. The maximum absolute atomic E-state index is 13.1. The monoisotopic (exact) mass is 413 g/mol. The molecule has 3 aromatic rings. The number of carbonyl (C=O) groups excluding carboxylic acids is 2. The number of hydrogen-bond acceptors (Lipinski definition) is 4. The van der Waals surface area contributed by atoms with Crippen LogP contribution in [-0.4, -0.2) is 29.6 Å². The van der Waals surface area contributed by atoms with Crippen LogP contribution in [-0.2, 0) is 4.79 Å². The van der Waals surface area contributed by atoms with Gasteiger partial charge in [-0.15, -0.1) is 0 Å². The van der Waals surface area contributed by atoms with Gasteiger partial charge in [-0.25, -0.2) is 4.39 Å². The number of rotatable bonds is 4. The molecule has 0 radical (unpaired) electrons. The number of aryl methyl sites for hydroxylation is 1. The van der Waals surface area contributed by atoms with E-state index in [9.17, 15) is 14.0 Å². The van der Waals surface area contributed by atoms with Crippen LogP contribution in [0.25, 0.3) is 11.3 Å². The Morgan fingerprint density at radius 1 is 1.21 bits per heavy atom. The van der Waals surface area contributed by atoms with Gasteiger partial charge in [0.15, 0.2) is 0 Å². The van der Waals surface area contributed by atoms with Crippen LogP contribution in [0.15, 0.2) is 53.1 Å². The van der Waals surface area contributed by atoms with E-state index in [0.717, 1.165) is 0 Å². The number of carbonyl (C=O) groups is 2. The van der Waals surface area contributed by atoms with Gasteiger partial charge in [0.25, 0.3) is 5.91 Å². The summed E-state index contributed by atoms with van der Waals surface area (Å²) in [6.45, 7) is 1.96. The zero-order chi connectivity index (χ0) is 20.5. The molecule has 2 heterocycles. The van der Waals surface area contributed by atoms with E-state index >= 15 is 0 Å². The average molecular weight is 414 g/mol. The second-order valence-corrected chi connectivity index (χ2v) is 7.26. The summed E-state index contributed by atoms with van der Waals surface area (Å²) in [5, 5.41) is 7.46. The molecule has 1 aliphatic rings. The largest absolute Gasteiger partial charge is 0.360 e. The predicted octanol–water partition coefficient (Wildman–Crippen LogP) is 3.98. The van der Waals surface area contributed by atoms with Gasteiger partial charge in [0.2, 0.25) is 5.91 Å². The highest BCUT2D eigenvalue weighted by Crippen LogP contribution is 2.27. The van der Waals surface area contributed by atoms with Crippen molar-refractivity contribution in [1.82, 2.24) is 10.5 Å². The molecule has 1 aromatic heterocycles. The van der Waals surface area contributed by atoms with Gasteiger partial charge in [-0.05, 0) is 43.3 Å². The number of halogens is 2. The number of nitrogens with zero attached hydrogens (tertiary/aromatic N) is 2. The third-order valence-electron chi connectivity index (χ3n) is 4.81. The molecule has 6 nitrogen and oxygen atoms in total. The Hall–Kier alpha value is -3.19. The second kappa shape index (κ2) is 7.67. The summed E-state index contributed by atoms with van der Waals surface area (Å²) in [6, 6.07) is 12.2. The van der Waals surface area contributed by atoms with Gasteiger partial charge in [0, 0.05) is 29.2 Å². The molecule has 0 bridgehead atoms.